The molecule has 0 saturated heterocycles. The number of halogens is 2. The van der Waals surface area contributed by atoms with Crippen LogP contribution in [0.1, 0.15) is 18.4 Å². The first-order valence-corrected chi connectivity index (χ1v) is 6.68. The van der Waals surface area contributed by atoms with Gasteiger partial charge in [-0.2, -0.15) is 0 Å². The molecular weight excluding hydrogens is 287 g/mol. The van der Waals surface area contributed by atoms with Crippen molar-refractivity contribution in [2.45, 2.75) is 30.2 Å². The summed E-state index contributed by atoms with van der Waals surface area (Å²) in [5.74, 6) is 0.639. The van der Waals surface area contributed by atoms with Crippen LogP contribution in [0.5, 0.6) is 5.75 Å². The second-order valence-electron chi connectivity index (χ2n) is 4.33. The van der Waals surface area contributed by atoms with Crippen LogP contribution in [0.25, 0.3) is 0 Å². The van der Waals surface area contributed by atoms with Gasteiger partial charge in [0.15, 0.2) is 0 Å². The van der Waals surface area contributed by atoms with Crippen LogP contribution in [0.15, 0.2) is 18.2 Å². The van der Waals surface area contributed by atoms with Crippen molar-refractivity contribution < 1.29 is 13.9 Å². The first-order chi connectivity index (χ1) is 8.19. The summed E-state index contributed by atoms with van der Waals surface area (Å²) in [5, 5.41) is 0. The molecule has 2 nitrogen and oxygen atoms in total. The second-order valence-corrected chi connectivity index (χ2v) is 5.62. The van der Waals surface area contributed by atoms with Gasteiger partial charge in [-0.25, -0.2) is 4.39 Å². The summed E-state index contributed by atoms with van der Waals surface area (Å²) in [4.78, 5) is 0.358. The third-order valence-electron chi connectivity index (χ3n) is 2.91. The average Bonchev–Trinajstić information content (AvgIpc) is 2.68. The van der Waals surface area contributed by atoms with Crippen LogP contribution in [-0.4, -0.2) is 24.6 Å². The van der Waals surface area contributed by atoms with Crippen LogP contribution >= 0.6 is 15.9 Å². The molecule has 0 saturated carbocycles. The standard InChI is InChI=1S/C13H16BrFO2/c1-16-8-10(14)2-4-12-7-9-6-11(15)3-5-13(9)17-12/h3,5-6,10,12H,2,4,7-8H2,1H3. The zero-order chi connectivity index (χ0) is 12.3. The Hall–Kier alpha value is -0.610. The molecule has 0 amide bonds. The Labute approximate surface area is 109 Å². The van der Waals surface area contributed by atoms with Gasteiger partial charge in [0.05, 0.1) is 6.61 Å². The lowest BCUT2D eigenvalue weighted by Gasteiger charge is -2.13. The Morgan fingerprint density at radius 2 is 2.41 bits per heavy atom. The van der Waals surface area contributed by atoms with Gasteiger partial charge in [0.25, 0.3) is 0 Å². The molecule has 94 valence electrons. The predicted octanol–water partition coefficient (Wildman–Crippen LogP) is 3.32. The number of methoxy groups -OCH3 is 1. The summed E-state index contributed by atoms with van der Waals surface area (Å²) >= 11 is 3.55. The summed E-state index contributed by atoms with van der Waals surface area (Å²) in [6.07, 6.45) is 2.92. The molecule has 0 radical (unpaired) electrons. The maximum Gasteiger partial charge on any atom is 0.123 e. The molecule has 0 aliphatic carbocycles. The van der Waals surface area contributed by atoms with E-state index in [0.29, 0.717) is 11.4 Å². The van der Waals surface area contributed by atoms with Crippen LogP contribution in [-0.2, 0) is 11.2 Å². The molecule has 0 bridgehead atoms. The van der Waals surface area contributed by atoms with E-state index >= 15 is 0 Å². The number of fused-ring (bicyclic) bond motifs is 1. The molecular formula is C13H16BrFO2. The molecule has 17 heavy (non-hydrogen) atoms. The normalized spacial score (nSPS) is 19.8. The summed E-state index contributed by atoms with van der Waals surface area (Å²) in [5.41, 5.74) is 0.980. The highest BCUT2D eigenvalue weighted by Gasteiger charge is 2.23. The van der Waals surface area contributed by atoms with Crippen molar-refractivity contribution in [1.29, 1.82) is 0 Å². The fourth-order valence-corrected chi connectivity index (χ4v) is 2.61. The lowest BCUT2D eigenvalue weighted by atomic mass is 10.1. The van der Waals surface area contributed by atoms with Gasteiger partial charge in [-0.1, -0.05) is 15.9 Å². The van der Waals surface area contributed by atoms with E-state index in [1.54, 1.807) is 19.2 Å². The summed E-state index contributed by atoms with van der Waals surface area (Å²) in [6, 6.07) is 4.72. The van der Waals surface area contributed by atoms with E-state index in [2.05, 4.69) is 15.9 Å². The minimum atomic E-state index is -0.189. The first kappa shape index (κ1) is 12.8. The maximum atomic E-state index is 13.0. The number of alkyl halides is 1. The van der Waals surface area contributed by atoms with Gasteiger partial charge in [-0.15, -0.1) is 0 Å². The number of ether oxygens (including phenoxy) is 2. The van der Waals surface area contributed by atoms with E-state index in [1.807, 2.05) is 0 Å². The summed E-state index contributed by atoms with van der Waals surface area (Å²) in [7, 11) is 1.69. The third-order valence-corrected chi connectivity index (χ3v) is 3.64. The van der Waals surface area contributed by atoms with Crippen molar-refractivity contribution in [3.63, 3.8) is 0 Å². The fourth-order valence-electron chi connectivity index (χ4n) is 2.08. The molecule has 1 aromatic carbocycles. The van der Waals surface area contributed by atoms with E-state index in [-0.39, 0.29) is 11.9 Å². The number of benzene rings is 1. The molecule has 2 rings (SSSR count). The average molecular weight is 303 g/mol. The van der Waals surface area contributed by atoms with Gasteiger partial charge in [-0.05, 0) is 31.0 Å². The van der Waals surface area contributed by atoms with Gasteiger partial charge < -0.3 is 9.47 Å². The Balaban J connectivity index is 1.84. The van der Waals surface area contributed by atoms with Crippen molar-refractivity contribution in [3.8, 4) is 5.75 Å². The first-order valence-electron chi connectivity index (χ1n) is 5.77. The van der Waals surface area contributed by atoms with Gasteiger partial charge in [-0.3, -0.25) is 0 Å². The van der Waals surface area contributed by atoms with E-state index in [1.165, 1.54) is 6.07 Å². The van der Waals surface area contributed by atoms with Gasteiger partial charge in [0.2, 0.25) is 0 Å². The summed E-state index contributed by atoms with van der Waals surface area (Å²) < 4.78 is 23.8. The Morgan fingerprint density at radius 3 is 3.18 bits per heavy atom. The highest BCUT2D eigenvalue weighted by atomic mass is 79.9. The number of hydrogen-bond donors (Lipinski definition) is 0. The van der Waals surface area contributed by atoms with Crippen molar-refractivity contribution in [3.05, 3.63) is 29.6 Å². The topological polar surface area (TPSA) is 18.5 Å². The smallest absolute Gasteiger partial charge is 0.123 e. The molecule has 0 N–H and O–H groups in total. The Morgan fingerprint density at radius 1 is 1.59 bits per heavy atom. The van der Waals surface area contributed by atoms with E-state index in [9.17, 15) is 4.39 Å². The molecule has 0 aromatic heterocycles. The van der Waals surface area contributed by atoms with Gasteiger partial charge in [0, 0.05) is 23.9 Å². The van der Waals surface area contributed by atoms with Gasteiger partial charge >= 0.3 is 0 Å². The van der Waals surface area contributed by atoms with Crippen molar-refractivity contribution in [1.82, 2.24) is 0 Å². The molecule has 1 aromatic rings. The maximum absolute atomic E-state index is 13.0. The predicted molar refractivity (Wildman–Crippen MR) is 68.3 cm³/mol. The Bertz CT molecular complexity index is 384. The number of hydrogen-bond acceptors (Lipinski definition) is 2. The SMILES string of the molecule is COCC(Br)CCC1Cc2cc(F)ccc2O1. The van der Waals surface area contributed by atoms with Gasteiger partial charge in [0.1, 0.15) is 17.7 Å². The second kappa shape index (κ2) is 5.83. The van der Waals surface area contributed by atoms with Crippen molar-refractivity contribution in [2.24, 2.45) is 0 Å². The molecule has 1 aliphatic rings. The van der Waals surface area contributed by atoms with Crippen LogP contribution < -0.4 is 4.74 Å². The molecule has 1 heterocycles. The van der Waals surface area contributed by atoms with Crippen molar-refractivity contribution >= 4 is 15.9 Å². The van der Waals surface area contributed by atoms with Crippen molar-refractivity contribution in [2.75, 3.05) is 13.7 Å². The van der Waals surface area contributed by atoms with E-state index < -0.39 is 0 Å². The third kappa shape index (κ3) is 3.42. The van der Waals surface area contributed by atoms with Crippen LogP contribution in [0, 0.1) is 5.82 Å². The van der Waals surface area contributed by atoms with Crippen LogP contribution in [0.4, 0.5) is 4.39 Å². The minimum Gasteiger partial charge on any atom is -0.490 e. The largest absolute Gasteiger partial charge is 0.490 e. The molecule has 1 aliphatic heterocycles. The molecule has 4 heteroatoms. The van der Waals surface area contributed by atoms with E-state index in [4.69, 9.17) is 9.47 Å². The highest BCUT2D eigenvalue weighted by Crippen LogP contribution is 2.31. The molecule has 2 unspecified atom stereocenters. The lowest BCUT2D eigenvalue weighted by molar-refractivity contribution is 0.183. The zero-order valence-electron chi connectivity index (χ0n) is 9.79. The quantitative estimate of drug-likeness (QED) is 0.777. The Kier molecular flexibility index (Phi) is 4.40. The number of rotatable bonds is 5. The minimum absolute atomic E-state index is 0.170. The van der Waals surface area contributed by atoms with Crippen LogP contribution in [0.2, 0.25) is 0 Å². The highest BCUT2D eigenvalue weighted by molar-refractivity contribution is 9.09. The lowest BCUT2D eigenvalue weighted by Crippen LogP contribution is -2.16. The monoisotopic (exact) mass is 302 g/mol. The molecule has 0 fully saturated rings. The zero-order valence-corrected chi connectivity index (χ0v) is 11.4. The molecule has 2 atom stereocenters. The van der Waals surface area contributed by atoms with E-state index in [0.717, 1.165) is 30.6 Å². The van der Waals surface area contributed by atoms with Crippen LogP contribution in [0.3, 0.4) is 0 Å². The molecule has 0 spiro atoms. The summed E-state index contributed by atoms with van der Waals surface area (Å²) in [6.45, 7) is 0.703. The fraction of sp³-hybridized carbons (Fsp3) is 0.538.